The Labute approximate surface area is 123 Å². The van der Waals surface area contributed by atoms with Crippen molar-refractivity contribution >= 4 is 21.4 Å². The smallest absolute Gasteiger partial charge is 0.214 e. The predicted octanol–water partition coefficient (Wildman–Crippen LogP) is 2.44. The second-order valence-electron chi connectivity index (χ2n) is 4.49. The van der Waals surface area contributed by atoms with Gasteiger partial charge < -0.3 is 4.52 Å². The van der Waals surface area contributed by atoms with Crippen LogP contribution in [0.5, 0.6) is 0 Å². The molecule has 5 nitrogen and oxygen atoms in total. The molecule has 0 aliphatic heterocycles. The zero-order chi connectivity index (χ0) is 14.6. The quantitative estimate of drug-likeness (QED) is 0.787. The Morgan fingerprint density at radius 2 is 2.25 bits per heavy atom. The van der Waals surface area contributed by atoms with Gasteiger partial charge in [0.05, 0.1) is 18.0 Å². The van der Waals surface area contributed by atoms with Crippen LogP contribution in [0, 0.1) is 6.92 Å². The van der Waals surface area contributed by atoms with Crippen LogP contribution >= 0.6 is 11.3 Å². The van der Waals surface area contributed by atoms with Crippen molar-refractivity contribution in [3.8, 4) is 0 Å². The van der Waals surface area contributed by atoms with Crippen LogP contribution in [0.1, 0.15) is 23.3 Å². The number of hydrogen-bond donors (Lipinski definition) is 0. The number of hydrogen-bond acceptors (Lipinski definition) is 5. The minimum Gasteiger partial charge on any atom is -0.361 e. The van der Waals surface area contributed by atoms with Gasteiger partial charge in [-0.2, -0.15) is 4.31 Å². The minimum absolute atomic E-state index is 0.0915. The molecule has 20 heavy (non-hydrogen) atoms. The highest BCUT2D eigenvalue weighted by Gasteiger charge is 2.21. The fraction of sp³-hybridized carbons (Fsp3) is 0.462. The van der Waals surface area contributed by atoms with Crippen LogP contribution in [0.2, 0.25) is 0 Å². The normalized spacial score (nSPS) is 12.2. The maximum absolute atomic E-state index is 12.1. The van der Waals surface area contributed by atoms with Crippen LogP contribution in [-0.2, 0) is 23.0 Å². The van der Waals surface area contributed by atoms with Gasteiger partial charge in [0.1, 0.15) is 5.76 Å². The highest BCUT2D eigenvalue weighted by atomic mass is 32.2. The van der Waals surface area contributed by atoms with Crippen LogP contribution in [0.4, 0.5) is 0 Å². The van der Waals surface area contributed by atoms with Crippen molar-refractivity contribution in [3.63, 3.8) is 0 Å². The monoisotopic (exact) mass is 314 g/mol. The van der Waals surface area contributed by atoms with Gasteiger partial charge in [0.15, 0.2) is 0 Å². The van der Waals surface area contributed by atoms with Gasteiger partial charge in [-0.15, -0.1) is 11.3 Å². The summed E-state index contributed by atoms with van der Waals surface area (Å²) < 4.78 is 30.8. The molecule has 0 atom stereocenters. The van der Waals surface area contributed by atoms with E-state index < -0.39 is 10.0 Å². The summed E-state index contributed by atoms with van der Waals surface area (Å²) >= 11 is 1.64. The third-order valence-corrected chi connectivity index (χ3v) is 5.73. The molecule has 0 unspecified atom stereocenters. The first-order valence-corrected chi connectivity index (χ1v) is 8.92. The summed E-state index contributed by atoms with van der Waals surface area (Å²) in [7, 11) is -3.25. The average molecular weight is 314 g/mol. The maximum atomic E-state index is 12.1. The maximum Gasteiger partial charge on any atom is 0.214 e. The molecule has 2 aromatic rings. The summed E-state index contributed by atoms with van der Waals surface area (Å²) in [5.41, 5.74) is 0.644. The topological polar surface area (TPSA) is 63.4 Å². The van der Waals surface area contributed by atoms with Crippen molar-refractivity contribution < 1.29 is 12.9 Å². The molecule has 2 heterocycles. The molecule has 0 aliphatic carbocycles. The second-order valence-corrected chi connectivity index (χ2v) is 7.78. The van der Waals surface area contributed by atoms with Gasteiger partial charge in [0, 0.05) is 17.5 Å². The van der Waals surface area contributed by atoms with Gasteiger partial charge in [0.2, 0.25) is 10.0 Å². The molecule has 0 saturated carbocycles. The molecule has 0 spiro atoms. The molecule has 0 radical (unpaired) electrons. The second kappa shape index (κ2) is 6.51. The summed E-state index contributed by atoms with van der Waals surface area (Å²) in [5.74, 6) is 0.779. The van der Waals surface area contributed by atoms with E-state index in [1.165, 1.54) is 9.18 Å². The predicted molar refractivity (Wildman–Crippen MR) is 79.1 cm³/mol. The fourth-order valence-electron chi connectivity index (χ4n) is 1.86. The van der Waals surface area contributed by atoms with Crippen LogP contribution in [0.3, 0.4) is 0 Å². The molecule has 0 aromatic carbocycles. The van der Waals surface area contributed by atoms with Gasteiger partial charge >= 0.3 is 0 Å². The molecular formula is C13H18N2O3S2. The lowest BCUT2D eigenvalue weighted by Crippen LogP contribution is -2.33. The molecule has 0 N–H and O–H groups in total. The first-order valence-electron chi connectivity index (χ1n) is 6.43. The van der Waals surface area contributed by atoms with Crippen LogP contribution in [0.25, 0.3) is 0 Å². The Bertz CT molecular complexity index is 632. The third-order valence-electron chi connectivity index (χ3n) is 2.96. The Kier molecular flexibility index (Phi) is 4.95. The number of nitrogens with zero attached hydrogens (tertiary/aromatic N) is 2. The zero-order valence-electron chi connectivity index (χ0n) is 11.6. The van der Waals surface area contributed by atoms with Crippen molar-refractivity contribution in [1.82, 2.24) is 9.46 Å². The van der Waals surface area contributed by atoms with Crippen molar-refractivity contribution in [2.45, 2.75) is 26.8 Å². The van der Waals surface area contributed by atoms with E-state index in [1.54, 1.807) is 31.3 Å². The Morgan fingerprint density at radius 3 is 2.80 bits per heavy atom. The van der Waals surface area contributed by atoms with Gasteiger partial charge in [-0.05, 0) is 31.7 Å². The Balaban J connectivity index is 2.08. The first-order chi connectivity index (χ1) is 9.51. The summed E-state index contributed by atoms with van der Waals surface area (Å²) in [6.45, 7) is 4.17. The van der Waals surface area contributed by atoms with E-state index in [4.69, 9.17) is 4.52 Å². The Hall–Kier alpha value is -1.18. The number of sulfonamides is 1. The Morgan fingerprint density at radius 1 is 1.45 bits per heavy atom. The molecule has 2 rings (SSSR count). The summed E-state index contributed by atoms with van der Waals surface area (Å²) in [5, 5.41) is 5.86. The highest BCUT2D eigenvalue weighted by molar-refractivity contribution is 7.89. The lowest BCUT2D eigenvalue weighted by molar-refractivity contribution is 0.364. The molecule has 0 bridgehead atoms. The summed E-state index contributed by atoms with van der Waals surface area (Å²) in [6, 6.07) is 5.75. The molecule has 2 aromatic heterocycles. The number of aromatic nitrogens is 1. The summed E-state index contributed by atoms with van der Waals surface area (Å²) in [6.07, 6.45) is 0.716. The van der Waals surface area contributed by atoms with Crippen molar-refractivity contribution in [2.75, 3.05) is 12.3 Å². The number of aryl methyl sites for hydroxylation is 1. The van der Waals surface area contributed by atoms with Crippen LogP contribution in [0.15, 0.2) is 28.1 Å². The molecule has 0 fully saturated rings. The largest absolute Gasteiger partial charge is 0.361 e. The number of thiophene rings is 1. The zero-order valence-corrected chi connectivity index (χ0v) is 13.2. The van der Waals surface area contributed by atoms with E-state index in [0.29, 0.717) is 24.4 Å². The molecule has 0 saturated heterocycles. The van der Waals surface area contributed by atoms with E-state index in [-0.39, 0.29) is 12.3 Å². The average Bonchev–Trinajstić information content (AvgIpc) is 3.06. The molecule has 0 amide bonds. The summed E-state index contributed by atoms with van der Waals surface area (Å²) in [4.78, 5) is 1.18. The van der Waals surface area contributed by atoms with Gasteiger partial charge in [-0.25, -0.2) is 8.42 Å². The molecule has 7 heteroatoms. The minimum atomic E-state index is -3.25. The molecule has 0 aliphatic rings. The van der Waals surface area contributed by atoms with E-state index in [2.05, 4.69) is 5.16 Å². The molecular weight excluding hydrogens is 296 g/mol. The van der Waals surface area contributed by atoms with E-state index in [9.17, 15) is 8.42 Å². The molecule has 110 valence electrons. The van der Waals surface area contributed by atoms with Gasteiger partial charge in [-0.3, -0.25) is 0 Å². The van der Waals surface area contributed by atoms with Crippen LogP contribution in [-0.4, -0.2) is 30.2 Å². The SMILES string of the molecule is CCS(=O)(=O)N(CCc1cccs1)Cc1cc(C)on1. The standard InChI is InChI=1S/C13H18N2O3S2/c1-3-20(16,17)15(7-6-13-5-4-8-19-13)10-12-9-11(2)18-14-12/h4-5,8-9H,3,6-7,10H2,1-2H3. The van der Waals surface area contributed by atoms with Crippen molar-refractivity contribution in [3.05, 3.63) is 39.9 Å². The lowest BCUT2D eigenvalue weighted by atomic mass is 10.3. The lowest BCUT2D eigenvalue weighted by Gasteiger charge is -2.19. The van der Waals surface area contributed by atoms with Gasteiger partial charge in [0.25, 0.3) is 0 Å². The van der Waals surface area contributed by atoms with Gasteiger partial charge in [-0.1, -0.05) is 11.2 Å². The number of rotatable bonds is 7. The fourth-order valence-corrected chi connectivity index (χ4v) is 3.62. The van der Waals surface area contributed by atoms with E-state index in [0.717, 1.165) is 0 Å². The third kappa shape index (κ3) is 3.91. The highest BCUT2D eigenvalue weighted by Crippen LogP contribution is 2.14. The van der Waals surface area contributed by atoms with E-state index >= 15 is 0 Å². The van der Waals surface area contributed by atoms with E-state index in [1.807, 2.05) is 17.5 Å². The van der Waals surface area contributed by atoms with Crippen LogP contribution < -0.4 is 0 Å². The first kappa shape index (κ1) is 15.2. The van der Waals surface area contributed by atoms with Crippen molar-refractivity contribution in [1.29, 1.82) is 0 Å². The van der Waals surface area contributed by atoms with Crippen molar-refractivity contribution in [2.24, 2.45) is 0 Å².